The monoisotopic (exact) mass is 191 g/mol. The summed E-state index contributed by atoms with van der Waals surface area (Å²) < 4.78 is 0. The first-order chi connectivity index (χ1) is 6.56. The van der Waals surface area contributed by atoms with Crippen LogP contribution in [0.4, 0.5) is 0 Å². The Morgan fingerprint density at radius 1 is 1.57 bits per heavy atom. The van der Waals surface area contributed by atoms with Gasteiger partial charge in [0.05, 0.1) is 12.1 Å². The van der Waals surface area contributed by atoms with Crippen molar-refractivity contribution in [1.29, 1.82) is 0 Å². The molecular weight excluding hydrogens is 178 g/mol. The molecule has 0 aliphatic heterocycles. The highest BCUT2D eigenvalue weighted by Gasteiger charge is 2.21. The molecule has 0 saturated heterocycles. The maximum absolute atomic E-state index is 9.98. The molecule has 1 N–H and O–H groups in total. The molecule has 1 aromatic rings. The lowest BCUT2D eigenvalue weighted by atomic mass is 9.95. The van der Waals surface area contributed by atoms with Gasteiger partial charge in [-0.2, -0.15) is 0 Å². The fraction of sp³-hybridized carbons (Fsp3) is 0.400. The minimum atomic E-state index is -1.09. The van der Waals surface area contributed by atoms with Crippen molar-refractivity contribution in [2.45, 2.75) is 19.4 Å². The number of aryl methyl sites for hydroxylation is 1. The average Bonchev–Trinajstić information content (AvgIpc) is 2.15. The Balaban J connectivity index is 2.96. The van der Waals surface area contributed by atoms with E-state index in [4.69, 9.17) is 5.53 Å². The lowest BCUT2D eigenvalue weighted by molar-refractivity contribution is 0.0669. The van der Waals surface area contributed by atoms with Crippen molar-refractivity contribution in [3.05, 3.63) is 45.8 Å². The van der Waals surface area contributed by atoms with Gasteiger partial charge < -0.3 is 5.11 Å². The zero-order chi connectivity index (χ0) is 10.6. The van der Waals surface area contributed by atoms with Crippen molar-refractivity contribution in [2.24, 2.45) is 5.11 Å². The van der Waals surface area contributed by atoms with E-state index in [0.717, 1.165) is 11.1 Å². The fourth-order valence-corrected chi connectivity index (χ4v) is 1.24. The highest BCUT2D eigenvalue weighted by Crippen LogP contribution is 2.21. The summed E-state index contributed by atoms with van der Waals surface area (Å²) in [7, 11) is 0. The molecule has 0 aliphatic rings. The number of benzene rings is 1. The molecule has 14 heavy (non-hydrogen) atoms. The zero-order valence-corrected chi connectivity index (χ0v) is 8.31. The van der Waals surface area contributed by atoms with Crippen LogP contribution < -0.4 is 0 Å². The van der Waals surface area contributed by atoms with Crippen LogP contribution in [0.5, 0.6) is 0 Å². The SMILES string of the molecule is Cc1cccc(C(C)(O)CN=[N+]=[N-])c1. The average molecular weight is 191 g/mol. The van der Waals surface area contributed by atoms with Crippen molar-refractivity contribution in [2.75, 3.05) is 6.54 Å². The van der Waals surface area contributed by atoms with Crippen molar-refractivity contribution < 1.29 is 5.11 Å². The Labute approximate surface area is 82.8 Å². The molecule has 74 valence electrons. The van der Waals surface area contributed by atoms with E-state index in [9.17, 15) is 5.11 Å². The van der Waals surface area contributed by atoms with Gasteiger partial charge in [0, 0.05) is 4.91 Å². The second kappa shape index (κ2) is 4.13. The van der Waals surface area contributed by atoms with Crippen molar-refractivity contribution in [3.8, 4) is 0 Å². The fourth-order valence-electron chi connectivity index (χ4n) is 1.24. The minimum absolute atomic E-state index is 0.0486. The number of rotatable bonds is 3. The van der Waals surface area contributed by atoms with Crippen LogP contribution in [0.2, 0.25) is 0 Å². The first-order valence-corrected chi connectivity index (χ1v) is 4.36. The summed E-state index contributed by atoms with van der Waals surface area (Å²) in [6.07, 6.45) is 0. The third kappa shape index (κ3) is 2.49. The van der Waals surface area contributed by atoms with Crippen molar-refractivity contribution in [1.82, 2.24) is 0 Å². The molecule has 0 fully saturated rings. The topological polar surface area (TPSA) is 69.0 Å². The Morgan fingerprint density at radius 3 is 2.86 bits per heavy atom. The molecular formula is C10H13N3O. The normalized spacial score (nSPS) is 14.2. The summed E-state index contributed by atoms with van der Waals surface area (Å²) in [5.74, 6) is 0. The smallest absolute Gasteiger partial charge is 0.0924 e. The first-order valence-electron chi connectivity index (χ1n) is 4.36. The Kier molecular flexibility index (Phi) is 3.12. The van der Waals surface area contributed by atoms with Gasteiger partial charge in [-0.1, -0.05) is 34.9 Å². The van der Waals surface area contributed by atoms with Gasteiger partial charge in [-0.05, 0) is 24.9 Å². The molecule has 0 aliphatic carbocycles. The summed E-state index contributed by atoms with van der Waals surface area (Å²) in [6, 6.07) is 7.52. The Bertz CT molecular complexity index is 367. The molecule has 1 unspecified atom stereocenters. The number of nitrogens with zero attached hydrogens (tertiary/aromatic N) is 3. The molecule has 0 saturated carbocycles. The lowest BCUT2D eigenvalue weighted by Crippen LogP contribution is -2.24. The highest BCUT2D eigenvalue weighted by molar-refractivity contribution is 5.27. The van der Waals surface area contributed by atoms with Gasteiger partial charge in [-0.3, -0.25) is 0 Å². The Hall–Kier alpha value is -1.51. The van der Waals surface area contributed by atoms with E-state index in [1.54, 1.807) is 6.92 Å². The van der Waals surface area contributed by atoms with E-state index in [0.29, 0.717) is 0 Å². The molecule has 0 amide bonds. The molecule has 0 radical (unpaired) electrons. The number of hydrogen-bond donors (Lipinski definition) is 1. The third-order valence-corrected chi connectivity index (χ3v) is 2.08. The van der Waals surface area contributed by atoms with E-state index in [2.05, 4.69) is 10.0 Å². The number of aliphatic hydroxyl groups is 1. The zero-order valence-electron chi connectivity index (χ0n) is 8.31. The minimum Gasteiger partial charge on any atom is -0.385 e. The van der Waals surface area contributed by atoms with E-state index in [-0.39, 0.29) is 6.54 Å². The quantitative estimate of drug-likeness (QED) is 0.445. The summed E-state index contributed by atoms with van der Waals surface area (Å²) >= 11 is 0. The van der Waals surface area contributed by atoms with Gasteiger partial charge in [-0.25, -0.2) is 0 Å². The maximum Gasteiger partial charge on any atom is 0.0924 e. The van der Waals surface area contributed by atoms with Crippen LogP contribution in [-0.2, 0) is 5.60 Å². The highest BCUT2D eigenvalue weighted by atomic mass is 16.3. The lowest BCUT2D eigenvalue weighted by Gasteiger charge is -2.21. The van der Waals surface area contributed by atoms with Crippen LogP contribution in [0.3, 0.4) is 0 Å². The molecule has 0 bridgehead atoms. The molecule has 1 aromatic carbocycles. The molecule has 0 heterocycles. The van der Waals surface area contributed by atoms with Gasteiger partial charge >= 0.3 is 0 Å². The molecule has 4 nitrogen and oxygen atoms in total. The number of hydrogen-bond acceptors (Lipinski definition) is 2. The van der Waals surface area contributed by atoms with Crippen LogP contribution in [0.15, 0.2) is 29.4 Å². The molecule has 0 spiro atoms. The molecule has 1 atom stereocenters. The van der Waals surface area contributed by atoms with Gasteiger partial charge in [0.2, 0.25) is 0 Å². The van der Waals surface area contributed by atoms with Gasteiger partial charge in [-0.15, -0.1) is 0 Å². The van der Waals surface area contributed by atoms with E-state index in [1.165, 1.54) is 0 Å². The molecule has 4 heteroatoms. The maximum atomic E-state index is 9.98. The van der Waals surface area contributed by atoms with Crippen molar-refractivity contribution in [3.63, 3.8) is 0 Å². The second-order valence-corrected chi connectivity index (χ2v) is 3.53. The third-order valence-electron chi connectivity index (χ3n) is 2.08. The van der Waals surface area contributed by atoms with E-state index >= 15 is 0 Å². The van der Waals surface area contributed by atoms with Gasteiger partial charge in [0.1, 0.15) is 0 Å². The van der Waals surface area contributed by atoms with Crippen LogP contribution in [0, 0.1) is 6.92 Å². The predicted molar refractivity (Wildman–Crippen MR) is 54.8 cm³/mol. The predicted octanol–water partition coefficient (Wildman–Crippen LogP) is 2.51. The summed E-state index contributed by atoms with van der Waals surface area (Å²) in [4.78, 5) is 2.63. The van der Waals surface area contributed by atoms with Crippen LogP contribution >= 0.6 is 0 Å². The van der Waals surface area contributed by atoms with Crippen LogP contribution in [0.25, 0.3) is 10.4 Å². The Morgan fingerprint density at radius 2 is 2.29 bits per heavy atom. The largest absolute Gasteiger partial charge is 0.385 e. The van der Waals surface area contributed by atoms with E-state index in [1.807, 2.05) is 31.2 Å². The van der Waals surface area contributed by atoms with E-state index < -0.39 is 5.60 Å². The van der Waals surface area contributed by atoms with Crippen LogP contribution in [0.1, 0.15) is 18.1 Å². The number of azide groups is 1. The summed E-state index contributed by atoms with van der Waals surface area (Å²) in [6.45, 7) is 3.64. The van der Waals surface area contributed by atoms with Crippen LogP contribution in [-0.4, -0.2) is 11.7 Å². The summed E-state index contributed by atoms with van der Waals surface area (Å²) in [5.41, 5.74) is 8.93. The second-order valence-electron chi connectivity index (χ2n) is 3.53. The molecule has 1 rings (SSSR count). The van der Waals surface area contributed by atoms with Gasteiger partial charge in [0.25, 0.3) is 0 Å². The summed E-state index contributed by atoms with van der Waals surface area (Å²) in [5, 5.41) is 13.4. The standard InChI is InChI=1S/C10H13N3O/c1-8-4-3-5-9(6-8)10(2,14)7-12-13-11/h3-6,14H,7H2,1-2H3. The van der Waals surface area contributed by atoms with Gasteiger partial charge in [0.15, 0.2) is 0 Å². The first kappa shape index (κ1) is 10.6. The molecule has 0 aromatic heterocycles. The van der Waals surface area contributed by atoms with Crippen molar-refractivity contribution >= 4 is 0 Å².